The average Bonchev–Trinajstić information content (AvgIpc) is 3.32. The minimum atomic E-state index is -0.241. The third-order valence-corrected chi connectivity index (χ3v) is 7.72. The molecule has 4 aromatic rings. The maximum Gasteiger partial charge on any atom is 0.270 e. The third kappa shape index (κ3) is 4.54. The summed E-state index contributed by atoms with van der Waals surface area (Å²) in [6.07, 6.45) is 10.8. The van der Waals surface area contributed by atoms with Gasteiger partial charge in [0.05, 0.1) is 28.7 Å². The van der Waals surface area contributed by atoms with Gasteiger partial charge in [-0.3, -0.25) is 4.79 Å². The smallest absolute Gasteiger partial charge is 0.270 e. The molecule has 0 radical (unpaired) electrons. The molecule has 9 nitrogen and oxygen atoms in total. The first-order valence-corrected chi connectivity index (χ1v) is 13.2. The molecule has 194 valence electrons. The zero-order chi connectivity index (χ0) is 26.2. The number of hydrogen-bond donors (Lipinski definition) is 3. The first kappa shape index (κ1) is 24.2. The van der Waals surface area contributed by atoms with Crippen molar-refractivity contribution in [1.82, 2.24) is 30.0 Å². The Hall–Kier alpha value is -4.11. The monoisotopic (exact) mass is 509 g/mol. The Bertz CT molecular complexity index is 1570. The number of nitrogens with one attached hydrogen (secondary N) is 1. The summed E-state index contributed by atoms with van der Waals surface area (Å²) in [6.45, 7) is 2.55. The number of carbonyl (C=O) groups excluding carboxylic acids is 1. The number of pyridine rings is 1. The average molecular weight is 510 g/mol. The normalized spacial score (nSPS) is 23.5. The zero-order valence-corrected chi connectivity index (χ0v) is 21.3. The SMILES string of the molecule is CC1C=C(CNC(=O)c2ccc3ccccc3n2)C=CC1c1nn(C2CCC(O)CC2)c2ncnc(N)c12. The van der Waals surface area contributed by atoms with Crippen LogP contribution in [0.4, 0.5) is 5.82 Å². The Morgan fingerprint density at radius 2 is 1.95 bits per heavy atom. The molecule has 0 bridgehead atoms. The summed E-state index contributed by atoms with van der Waals surface area (Å²) >= 11 is 0. The molecule has 1 amide bonds. The minimum absolute atomic E-state index is 0.00263. The summed E-state index contributed by atoms with van der Waals surface area (Å²) in [5.74, 6) is 0.359. The molecule has 2 aliphatic carbocycles. The van der Waals surface area contributed by atoms with Crippen LogP contribution >= 0.6 is 0 Å². The number of aliphatic hydroxyl groups excluding tert-OH is 1. The number of aliphatic hydroxyl groups is 1. The Labute approximate surface area is 220 Å². The number of para-hydroxylation sites is 1. The van der Waals surface area contributed by atoms with Crippen molar-refractivity contribution in [1.29, 1.82) is 0 Å². The van der Waals surface area contributed by atoms with E-state index in [0.29, 0.717) is 18.1 Å². The number of aromatic nitrogens is 5. The van der Waals surface area contributed by atoms with E-state index in [1.807, 2.05) is 41.1 Å². The van der Waals surface area contributed by atoms with Crippen molar-refractivity contribution in [3.63, 3.8) is 0 Å². The molecule has 1 fully saturated rings. The maximum atomic E-state index is 12.8. The lowest BCUT2D eigenvalue weighted by atomic mass is 9.84. The molecule has 1 aromatic carbocycles. The second-order valence-electron chi connectivity index (χ2n) is 10.3. The number of nitrogens with zero attached hydrogens (tertiary/aromatic N) is 5. The van der Waals surface area contributed by atoms with Gasteiger partial charge in [-0.2, -0.15) is 5.10 Å². The van der Waals surface area contributed by atoms with E-state index in [0.717, 1.165) is 58.9 Å². The fourth-order valence-corrected chi connectivity index (χ4v) is 5.64. The van der Waals surface area contributed by atoms with E-state index in [1.165, 1.54) is 6.33 Å². The van der Waals surface area contributed by atoms with E-state index in [-0.39, 0.29) is 29.9 Å². The predicted molar refractivity (Wildman–Crippen MR) is 146 cm³/mol. The van der Waals surface area contributed by atoms with Crippen molar-refractivity contribution < 1.29 is 9.90 Å². The summed E-state index contributed by atoms with van der Waals surface area (Å²) < 4.78 is 1.99. The van der Waals surface area contributed by atoms with E-state index in [2.05, 4.69) is 39.3 Å². The topological polar surface area (TPSA) is 132 Å². The lowest BCUT2D eigenvalue weighted by Gasteiger charge is -2.26. The molecule has 4 N–H and O–H groups in total. The van der Waals surface area contributed by atoms with Gasteiger partial charge in [-0.05, 0) is 49.3 Å². The third-order valence-electron chi connectivity index (χ3n) is 7.72. The molecule has 3 heterocycles. The fourth-order valence-electron chi connectivity index (χ4n) is 5.64. The van der Waals surface area contributed by atoms with Crippen molar-refractivity contribution in [2.75, 3.05) is 12.3 Å². The second kappa shape index (κ2) is 9.98. The van der Waals surface area contributed by atoms with E-state index in [4.69, 9.17) is 10.8 Å². The standard InChI is InChI=1S/C29H31N7O2/c1-17-14-18(15-31-29(38)24-13-7-19-4-2-3-5-23(19)34-24)6-12-22(17)26-25-27(30)32-16-33-28(25)36(35-26)20-8-10-21(37)11-9-20/h2-7,12-14,16-17,20-22,37H,8-11,15H2,1H3,(H,31,38)(H2,30,32,33). The maximum absolute atomic E-state index is 12.8. The van der Waals surface area contributed by atoms with Crippen LogP contribution in [-0.2, 0) is 0 Å². The number of carbonyl (C=O) groups is 1. The number of allylic oxidation sites excluding steroid dienone is 2. The van der Waals surface area contributed by atoms with Crippen LogP contribution in [0.3, 0.4) is 0 Å². The number of nitrogen functional groups attached to an aromatic ring is 1. The summed E-state index contributed by atoms with van der Waals surface area (Å²) in [4.78, 5) is 26.1. The number of amides is 1. The number of rotatable bonds is 5. The van der Waals surface area contributed by atoms with Crippen molar-refractivity contribution in [2.24, 2.45) is 5.92 Å². The molecule has 9 heteroatoms. The molecule has 6 rings (SSSR count). The van der Waals surface area contributed by atoms with Gasteiger partial charge in [-0.25, -0.2) is 19.6 Å². The summed E-state index contributed by atoms with van der Waals surface area (Å²) in [5, 5.41) is 19.8. The first-order chi connectivity index (χ1) is 18.5. The Balaban J connectivity index is 1.20. The lowest BCUT2D eigenvalue weighted by Crippen LogP contribution is -2.27. The second-order valence-corrected chi connectivity index (χ2v) is 10.3. The first-order valence-electron chi connectivity index (χ1n) is 13.2. The highest BCUT2D eigenvalue weighted by Crippen LogP contribution is 2.39. The number of fused-ring (bicyclic) bond motifs is 2. The summed E-state index contributed by atoms with van der Waals surface area (Å²) in [5.41, 5.74) is 10.2. The van der Waals surface area contributed by atoms with Crippen LogP contribution in [0.2, 0.25) is 0 Å². The van der Waals surface area contributed by atoms with Gasteiger partial charge in [0, 0.05) is 17.8 Å². The summed E-state index contributed by atoms with van der Waals surface area (Å²) in [7, 11) is 0. The van der Waals surface area contributed by atoms with Gasteiger partial charge < -0.3 is 16.2 Å². The zero-order valence-electron chi connectivity index (χ0n) is 21.3. The van der Waals surface area contributed by atoms with Gasteiger partial charge in [-0.1, -0.05) is 49.4 Å². The van der Waals surface area contributed by atoms with Crippen LogP contribution in [0, 0.1) is 5.92 Å². The lowest BCUT2D eigenvalue weighted by molar-refractivity contribution is 0.0952. The number of hydrogen-bond acceptors (Lipinski definition) is 7. The quantitative estimate of drug-likeness (QED) is 0.369. The van der Waals surface area contributed by atoms with Crippen LogP contribution in [0.5, 0.6) is 0 Å². The highest BCUT2D eigenvalue weighted by molar-refractivity contribution is 5.95. The molecular formula is C29H31N7O2. The molecule has 2 aliphatic rings. The van der Waals surface area contributed by atoms with Crippen molar-refractivity contribution in [3.8, 4) is 0 Å². The Morgan fingerprint density at radius 3 is 2.76 bits per heavy atom. The molecule has 1 saturated carbocycles. The minimum Gasteiger partial charge on any atom is -0.393 e. The van der Waals surface area contributed by atoms with E-state index in [1.54, 1.807) is 6.07 Å². The van der Waals surface area contributed by atoms with E-state index < -0.39 is 0 Å². The van der Waals surface area contributed by atoms with Crippen LogP contribution in [-0.4, -0.2) is 48.4 Å². The highest BCUT2D eigenvalue weighted by atomic mass is 16.3. The number of anilines is 1. The largest absolute Gasteiger partial charge is 0.393 e. The van der Waals surface area contributed by atoms with Crippen LogP contribution in [0.1, 0.15) is 60.7 Å². The van der Waals surface area contributed by atoms with Gasteiger partial charge in [-0.15, -0.1) is 0 Å². The number of nitrogens with two attached hydrogens (primary N) is 1. The van der Waals surface area contributed by atoms with Crippen LogP contribution in [0.25, 0.3) is 21.9 Å². The van der Waals surface area contributed by atoms with Gasteiger partial charge >= 0.3 is 0 Å². The van der Waals surface area contributed by atoms with Crippen LogP contribution < -0.4 is 11.1 Å². The van der Waals surface area contributed by atoms with Crippen LogP contribution in [0.15, 0.2) is 66.5 Å². The Morgan fingerprint density at radius 1 is 1.13 bits per heavy atom. The van der Waals surface area contributed by atoms with Gasteiger partial charge in [0.2, 0.25) is 0 Å². The van der Waals surface area contributed by atoms with Crippen molar-refractivity contribution in [2.45, 2.75) is 50.7 Å². The van der Waals surface area contributed by atoms with Crippen molar-refractivity contribution >= 4 is 33.7 Å². The molecular weight excluding hydrogens is 478 g/mol. The predicted octanol–water partition coefficient (Wildman–Crippen LogP) is 4.08. The van der Waals surface area contributed by atoms with Gasteiger partial charge in [0.25, 0.3) is 5.91 Å². The van der Waals surface area contributed by atoms with E-state index in [9.17, 15) is 9.90 Å². The molecule has 2 unspecified atom stereocenters. The molecule has 38 heavy (non-hydrogen) atoms. The molecule has 0 aliphatic heterocycles. The van der Waals surface area contributed by atoms with Gasteiger partial charge in [0.1, 0.15) is 17.8 Å². The molecule has 3 aromatic heterocycles. The van der Waals surface area contributed by atoms with E-state index >= 15 is 0 Å². The highest BCUT2D eigenvalue weighted by Gasteiger charge is 2.30. The molecule has 0 saturated heterocycles. The molecule has 0 spiro atoms. The van der Waals surface area contributed by atoms with Gasteiger partial charge in [0.15, 0.2) is 5.65 Å². The molecule has 2 atom stereocenters. The summed E-state index contributed by atoms with van der Waals surface area (Å²) in [6, 6.07) is 11.6. The number of benzene rings is 1. The Kier molecular flexibility index (Phi) is 6.37. The van der Waals surface area contributed by atoms with Crippen molar-refractivity contribution in [3.05, 3.63) is 77.9 Å². The fraction of sp³-hybridized carbons (Fsp3) is 0.345.